The highest BCUT2D eigenvalue weighted by Gasteiger charge is 2.44. The van der Waals surface area contributed by atoms with Crippen LogP contribution >= 0.6 is 0 Å². The normalized spacial score (nSPS) is 25.6. The number of hydrogen-bond acceptors (Lipinski definition) is 3. The van der Waals surface area contributed by atoms with Gasteiger partial charge in [0.05, 0.1) is 5.92 Å². The van der Waals surface area contributed by atoms with Gasteiger partial charge in [0.25, 0.3) is 0 Å². The van der Waals surface area contributed by atoms with Gasteiger partial charge in [-0.2, -0.15) is 0 Å². The fraction of sp³-hybridized carbons (Fsp3) is 0.857. The molecule has 6 nitrogen and oxygen atoms in total. The highest BCUT2D eigenvalue weighted by Crippen LogP contribution is 2.32. The van der Waals surface area contributed by atoms with Crippen LogP contribution in [-0.4, -0.2) is 47.3 Å². The van der Waals surface area contributed by atoms with E-state index >= 15 is 0 Å². The Labute approximate surface area is 162 Å². The van der Waals surface area contributed by atoms with E-state index in [1.165, 1.54) is 12.8 Å². The van der Waals surface area contributed by atoms with Gasteiger partial charge in [-0.1, -0.05) is 45.4 Å². The lowest BCUT2D eigenvalue weighted by Crippen LogP contribution is -2.61. The summed E-state index contributed by atoms with van der Waals surface area (Å²) in [4.78, 5) is 40.2. The molecule has 0 aromatic rings. The number of nitrogens with one attached hydrogen (secondary N) is 2. The van der Waals surface area contributed by atoms with E-state index in [1.807, 2.05) is 4.90 Å². The van der Waals surface area contributed by atoms with Crippen molar-refractivity contribution in [2.75, 3.05) is 13.1 Å². The van der Waals surface area contributed by atoms with E-state index in [1.54, 1.807) is 0 Å². The van der Waals surface area contributed by atoms with Gasteiger partial charge in [-0.05, 0) is 32.1 Å². The van der Waals surface area contributed by atoms with Crippen molar-refractivity contribution in [1.29, 1.82) is 0 Å². The Balaban J connectivity index is 1.62. The second kappa shape index (κ2) is 9.07. The topological polar surface area (TPSA) is 78.5 Å². The van der Waals surface area contributed by atoms with E-state index in [4.69, 9.17) is 0 Å². The molecule has 3 rings (SSSR count). The first-order chi connectivity index (χ1) is 13.1. The van der Waals surface area contributed by atoms with Crippen LogP contribution in [0.2, 0.25) is 0 Å². The van der Waals surface area contributed by atoms with E-state index in [2.05, 4.69) is 17.6 Å². The van der Waals surface area contributed by atoms with Crippen molar-refractivity contribution in [3.05, 3.63) is 0 Å². The molecule has 1 unspecified atom stereocenters. The van der Waals surface area contributed by atoms with E-state index < -0.39 is 5.54 Å². The molecule has 3 amide bonds. The van der Waals surface area contributed by atoms with Crippen molar-refractivity contribution in [3.8, 4) is 0 Å². The van der Waals surface area contributed by atoms with Crippen molar-refractivity contribution in [3.63, 3.8) is 0 Å². The summed E-state index contributed by atoms with van der Waals surface area (Å²) in [5.74, 6) is -0.371. The first-order valence-electron chi connectivity index (χ1n) is 11.0. The standard InChI is InChI=1S/C21H35N3O3/c1-2-3-13-22-20(27)21(11-7-4-8-12-21)23-19(26)16-14-18(25)24(15-16)17-9-5-6-10-17/h16-17H,2-15H2,1H3,(H,22,27)(H,23,26). The lowest BCUT2D eigenvalue weighted by atomic mass is 9.80. The SMILES string of the molecule is CCCCNC(=O)C1(NC(=O)C2CC(=O)N(C3CCCC3)C2)CCCCC1. The molecular weight excluding hydrogens is 342 g/mol. The summed E-state index contributed by atoms with van der Waals surface area (Å²) >= 11 is 0. The molecule has 0 aromatic heterocycles. The molecule has 3 aliphatic rings. The van der Waals surface area contributed by atoms with E-state index in [9.17, 15) is 14.4 Å². The highest BCUT2D eigenvalue weighted by molar-refractivity contribution is 5.95. The third-order valence-corrected chi connectivity index (χ3v) is 6.61. The van der Waals surface area contributed by atoms with Gasteiger partial charge in [-0.15, -0.1) is 0 Å². The van der Waals surface area contributed by atoms with Crippen LogP contribution in [0.5, 0.6) is 0 Å². The maximum Gasteiger partial charge on any atom is 0.245 e. The second-order valence-corrected chi connectivity index (χ2v) is 8.63. The molecule has 0 spiro atoms. The number of unbranched alkanes of at least 4 members (excludes halogenated alkanes) is 1. The van der Waals surface area contributed by atoms with Crippen molar-refractivity contribution in [2.24, 2.45) is 5.92 Å². The molecule has 6 heteroatoms. The monoisotopic (exact) mass is 377 g/mol. The molecular formula is C21H35N3O3. The fourth-order valence-corrected chi connectivity index (χ4v) is 4.93. The van der Waals surface area contributed by atoms with Crippen molar-refractivity contribution in [1.82, 2.24) is 15.5 Å². The zero-order valence-electron chi connectivity index (χ0n) is 16.7. The summed E-state index contributed by atoms with van der Waals surface area (Å²) in [5, 5.41) is 6.12. The number of nitrogens with zero attached hydrogens (tertiary/aromatic N) is 1. The summed E-state index contributed by atoms with van der Waals surface area (Å²) in [6.45, 7) is 3.27. The summed E-state index contributed by atoms with van der Waals surface area (Å²) in [6, 6.07) is 0.316. The molecule has 2 aliphatic carbocycles. The van der Waals surface area contributed by atoms with Gasteiger partial charge in [0.1, 0.15) is 5.54 Å². The van der Waals surface area contributed by atoms with E-state index in [0.29, 0.717) is 32.0 Å². The van der Waals surface area contributed by atoms with E-state index in [-0.39, 0.29) is 30.1 Å². The predicted molar refractivity (Wildman–Crippen MR) is 104 cm³/mol. The Morgan fingerprint density at radius 2 is 1.81 bits per heavy atom. The summed E-state index contributed by atoms with van der Waals surface area (Å²) in [6.07, 6.45) is 11.1. The Morgan fingerprint density at radius 3 is 2.48 bits per heavy atom. The van der Waals surface area contributed by atoms with Gasteiger partial charge >= 0.3 is 0 Å². The maximum absolute atomic E-state index is 13.0. The Bertz CT molecular complexity index is 551. The molecule has 1 saturated heterocycles. The highest BCUT2D eigenvalue weighted by atomic mass is 16.2. The van der Waals surface area contributed by atoms with Crippen LogP contribution in [0.3, 0.4) is 0 Å². The molecule has 27 heavy (non-hydrogen) atoms. The van der Waals surface area contributed by atoms with Gasteiger partial charge in [0, 0.05) is 25.6 Å². The molecule has 152 valence electrons. The van der Waals surface area contributed by atoms with Gasteiger partial charge < -0.3 is 15.5 Å². The number of hydrogen-bond donors (Lipinski definition) is 2. The molecule has 2 saturated carbocycles. The fourth-order valence-electron chi connectivity index (χ4n) is 4.93. The average molecular weight is 378 g/mol. The van der Waals surface area contributed by atoms with Crippen LogP contribution in [0, 0.1) is 5.92 Å². The third kappa shape index (κ3) is 4.64. The van der Waals surface area contributed by atoms with Gasteiger partial charge in [-0.25, -0.2) is 0 Å². The Hall–Kier alpha value is -1.59. The minimum atomic E-state index is -0.785. The molecule has 3 fully saturated rings. The van der Waals surface area contributed by atoms with Gasteiger partial charge in [0.2, 0.25) is 17.7 Å². The zero-order valence-corrected chi connectivity index (χ0v) is 16.7. The number of amides is 3. The Morgan fingerprint density at radius 1 is 1.11 bits per heavy atom. The molecule has 1 atom stereocenters. The number of likely N-dealkylation sites (tertiary alicyclic amines) is 1. The zero-order chi connectivity index (χ0) is 19.3. The number of carbonyl (C=O) groups is 3. The minimum absolute atomic E-state index is 0.0408. The quantitative estimate of drug-likeness (QED) is 0.669. The summed E-state index contributed by atoms with van der Waals surface area (Å²) in [7, 11) is 0. The molecule has 2 N–H and O–H groups in total. The predicted octanol–water partition coefficient (Wildman–Crippen LogP) is 2.51. The van der Waals surface area contributed by atoms with Crippen LogP contribution in [0.15, 0.2) is 0 Å². The maximum atomic E-state index is 13.0. The molecule has 0 aromatic carbocycles. The van der Waals surface area contributed by atoms with Crippen LogP contribution in [-0.2, 0) is 14.4 Å². The molecule has 1 aliphatic heterocycles. The van der Waals surface area contributed by atoms with Crippen LogP contribution in [0.1, 0.15) is 84.0 Å². The van der Waals surface area contributed by atoms with Crippen LogP contribution in [0.25, 0.3) is 0 Å². The third-order valence-electron chi connectivity index (χ3n) is 6.61. The van der Waals surface area contributed by atoms with E-state index in [0.717, 1.165) is 44.9 Å². The van der Waals surface area contributed by atoms with Crippen molar-refractivity contribution >= 4 is 17.7 Å². The Kier molecular flexibility index (Phi) is 6.77. The first-order valence-corrected chi connectivity index (χ1v) is 11.0. The molecule has 0 bridgehead atoms. The van der Waals surface area contributed by atoms with Gasteiger partial charge in [0.15, 0.2) is 0 Å². The second-order valence-electron chi connectivity index (χ2n) is 8.63. The molecule has 0 radical (unpaired) electrons. The smallest absolute Gasteiger partial charge is 0.245 e. The van der Waals surface area contributed by atoms with Crippen molar-refractivity contribution < 1.29 is 14.4 Å². The van der Waals surface area contributed by atoms with Crippen LogP contribution in [0.4, 0.5) is 0 Å². The van der Waals surface area contributed by atoms with Crippen molar-refractivity contribution in [2.45, 2.75) is 95.6 Å². The number of rotatable bonds is 7. The lowest BCUT2D eigenvalue weighted by Gasteiger charge is -2.37. The van der Waals surface area contributed by atoms with Gasteiger partial charge in [-0.3, -0.25) is 14.4 Å². The lowest BCUT2D eigenvalue weighted by molar-refractivity contribution is -0.136. The number of carbonyl (C=O) groups excluding carboxylic acids is 3. The minimum Gasteiger partial charge on any atom is -0.354 e. The molecule has 1 heterocycles. The summed E-state index contributed by atoms with van der Waals surface area (Å²) < 4.78 is 0. The summed E-state index contributed by atoms with van der Waals surface area (Å²) in [5.41, 5.74) is -0.785. The van der Waals surface area contributed by atoms with Crippen LogP contribution < -0.4 is 10.6 Å². The average Bonchev–Trinajstić information content (AvgIpc) is 3.32. The largest absolute Gasteiger partial charge is 0.354 e. The first kappa shape index (κ1) is 20.2.